The van der Waals surface area contributed by atoms with Crippen molar-refractivity contribution in [2.45, 2.75) is 32.6 Å². The van der Waals surface area contributed by atoms with Crippen molar-refractivity contribution in [1.82, 2.24) is 0 Å². The third-order valence-corrected chi connectivity index (χ3v) is 3.55. The zero-order valence-electron chi connectivity index (χ0n) is 11.8. The lowest BCUT2D eigenvalue weighted by Crippen LogP contribution is -2.42. The molecule has 5 heteroatoms. The Labute approximate surface area is 118 Å². The standard InChI is InChI=1S/C15H20O5/c1-15(2,14(18)19)12(8-9-13(16)17)10-4-6-11(20-3)7-5-10/h4-7,12H,8-9H2,1-3H3,(H,16,17)(H,18,19)/p-2/t12-/m0/s1. The number of hydrogen-bond acceptors (Lipinski definition) is 5. The zero-order chi connectivity index (χ0) is 15.3. The van der Waals surface area contributed by atoms with Crippen molar-refractivity contribution in [1.29, 1.82) is 0 Å². The smallest absolute Gasteiger partial charge is 0.118 e. The monoisotopic (exact) mass is 278 g/mol. The maximum absolute atomic E-state index is 11.3. The SMILES string of the molecule is COc1ccc([C@H](CCC(=O)[O-])C(C)(C)C(=O)[O-])cc1. The van der Waals surface area contributed by atoms with Crippen LogP contribution in [0.2, 0.25) is 0 Å². The Kier molecular flexibility index (Phi) is 5.13. The zero-order valence-corrected chi connectivity index (χ0v) is 11.8. The quantitative estimate of drug-likeness (QED) is 0.705. The molecule has 110 valence electrons. The highest BCUT2D eigenvalue weighted by Gasteiger charge is 2.31. The predicted molar refractivity (Wildman–Crippen MR) is 68.8 cm³/mol. The number of aliphatic carboxylic acids is 2. The summed E-state index contributed by atoms with van der Waals surface area (Å²) < 4.78 is 5.05. The Hall–Kier alpha value is -2.04. The number of carboxylic acid groups (broad SMARTS) is 2. The van der Waals surface area contributed by atoms with E-state index in [0.29, 0.717) is 5.75 Å². The lowest BCUT2D eigenvalue weighted by Gasteiger charge is -2.36. The number of benzene rings is 1. The molecule has 0 aromatic heterocycles. The molecule has 0 aliphatic rings. The number of carbonyl (C=O) groups excluding carboxylic acids is 2. The van der Waals surface area contributed by atoms with Crippen LogP contribution in [-0.2, 0) is 9.59 Å². The highest BCUT2D eigenvalue weighted by atomic mass is 16.5. The number of carboxylic acids is 2. The van der Waals surface area contributed by atoms with Crippen LogP contribution in [0.15, 0.2) is 24.3 Å². The van der Waals surface area contributed by atoms with Crippen molar-refractivity contribution in [2.24, 2.45) is 5.41 Å². The van der Waals surface area contributed by atoms with Gasteiger partial charge in [-0.2, -0.15) is 0 Å². The molecule has 0 fully saturated rings. The van der Waals surface area contributed by atoms with Crippen molar-refractivity contribution >= 4 is 11.9 Å². The van der Waals surface area contributed by atoms with E-state index >= 15 is 0 Å². The van der Waals surface area contributed by atoms with Crippen molar-refractivity contribution < 1.29 is 24.5 Å². The van der Waals surface area contributed by atoms with E-state index in [-0.39, 0.29) is 12.8 Å². The van der Waals surface area contributed by atoms with Gasteiger partial charge in [0.15, 0.2) is 0 Å². The van der Waals surface area contributed by atoms with Crippen molar-refractivity contribution in [2.75, 3.05) is 7.11 Å². The Morgan fingerprint density at radius 1 is 1.20 bits per heavy atom. The van der Waals surface area contributed by atoms with Crippen LogP contribution in [-0.4, -0.2) is 19.0 Å². The highest BCUT2D eigenvalue weighted by Crippen LogP contribution is 2.39. The third kappa shape index (κ3) is 3.73. The first-order valence-corrected chi connectivity index (χ1v) is 6.34. The minimum absolute atomic E-state index is 0.176. The highest BCUT2D eigenvalue weighted by molar-refractivity contribution is 5.73. The van der Waals surface area contributed by atoms with Crippen molar-refractivity contribution in [3.05, 3.63) is 29.8 Å². The molecule has 1 aromatic carbocycles. The summed E-state index contributed by atoms with van der Waals surface area (Å²) in [5.41, 5.74) is -0.439. The number of carbonyl (C=O) groups is 2. The average molecular weight is 278 g/mol. The Morgan fingerprint density at radius 2 is 1.75 bits per heavy atom. The fourth-order valence-corrected chi connectivity index (χ4v) is 2.18. The van der Waals surface area contributed by atoms with Gasteiger partial charge in [0.1, 0.15) is 5.75 Å². The molecule has 0 amide bonds. The number of hydrogen-bond donors (Lipinski definition) is 0. The van der Waals surface area contributed by atoms with Gasteiger partial charge in [-0.25, -0.2) is 0 Å². The summed E-state index contributed by atoms with van der Waals surface area (Å²) in [5.74, 6) is -2.23. The molecule has 0 aliphatic carbocycles. The van der Waals surface area contributed by atoms with Gasteiger partial charge < -0.3 is 24.5 Å². The molecule has 1 aromatic rings. The van der Waals surface area contributed by atoms with Crippen LogP contribution in [0.5, 0.6) is 5.75 Å². The Balaban J connectivity index is 3.08. The third-order valence-electron chi connectivity index (χ3n) is 3.55. The second kappa shape index (κ2) is 6.41. The van der Waals surface area contributed by atoms with E-state index in [0.717, 1.165) is 5.56 Å². The molecule has 1 atom stereocenters. The van der Waals surface area contributed by atoms with Crippen molar-refractivity contribution in [3.63, 3.8) is 0 Å². The Bertz CT molecular complexity index is 476. The molecule has 0 saturated heterocycles. The first-order chi connectivity index (χ1) is 9.28. The Morgan fingerprint density at radius 3 is 2.15 bits per heavy atom. The predicted octanol–water partition coefficient (Wildman–Crippen LogP) is 0.0850. The van der Waals surface area contributed by atoms with Gasteiger partial charge in [-0.3, -0.25) is 0 Å². The summed E-state index contributed by atoms with van der Waals surface area (Å²) in [6.07, 6.45) is -0.0248. The van der Waals surface area contributed by atoms with Gasteiger partial charge in [-0.1, -0.05) is 26.0 Å². The summed E-state index contributed by atoms with van der Waals surface area (Å²) in [7, 11) is 1.54. The summed E-state index contributed by atoms with van der Waals surface area (Å²) in [6, 6.07) is 6.91. The van der Waals surface area contributed by atoms with Crippen LogP contribution in [0.3, 0.4) is 0 Å². The fraction of sp³-hybridized carbons (Fsp3) is 0.467. The largest absolute Gasteiger partial charge is 0.550 e. The first kappa shape index (κ1) is 16.0. The minimum Gasteiger partial charge on any atom is -0.550 e. The van der Waals surface area contributed by atoms with Gasteiger partial charge in [0.05, 0.1) is 7.11 Å². The van der Waals surface area contributed by atoms with Crippen LogP contribution >= 0.6 is 0 Å². The summed E-state index contributed by atoms with van der Waals surface area (Å²) in [5, 5.41) is 21.9. The lowest BCUT2D eigenvalue weighted by atomic mass is 9.72. The van der Waals surface area contributed by atoms with Gasteiger partial charge in [-0.05, 0) is 36.5 Å². The second-order valence-electron chi connectivity index (χ2n) is 5.25. The molecule has 0 unspecified atom stereocenters. The summed E-state index contributed by atoms with van der Waals surface area (Å²) in [4.78, 5) is 21.9. The maximum Gasteiger partial charge on any atom is 0.118 e. The van der Waals surface area contributed by atoms with Crippen molar-refractivity contribution in [3.8, 4) is 5.75 Å². The molecular weight excluding hydrogens is 260 g/mol. The molecule has 0 radical (unpaired) electrons. The first-order valence-electron chi connectivity index (χ1n) is 6.34. The van der Waals surface area contributed by atoms with Crippen LogP contribution in [0.1, 0.15) is 38.2 Å². The minimum atomic E-state index is -1.21. The van der Waals surface area contributed by atoms with Crippen LogP contribution in [0.25, 0.3) is 0 Å². The van der Waals surface area contributed by atoms with E-state index in [2.05, 4.69) is 0 Å². The lowest BCUT2D eigenvalue weighted by molar-refractivity contribution is -0.319. The number of rotatable bonds is 7. The normalized spacial score (nSPS) is 12.8. The number of methoxy groups -OCH3 is 1. The second-order valence-corrected chi connectivity index (χ2v) is 5.25. The van der Waals surface area contributed by atoms with Gasteiger partial charge in [0.2, 0.25) is 0 Å². The van der Waals surface area contributed by atoms with E-state index in [4.69, 9.17) is 4.74 Å². The van der Waals surface area contributed by atoms with Crippen LogP contribution in [0, 0.1) is 5.41 Å². The van der Waals surface area contributed by atoms with Crippen LogP contribution in [0.4, 0.5) is 0 Å². The topological polar surface area (TPSA) is 89.5 Å². The molecule has 5 nitrogen and oxygen atoms in total. The van der Waals surface area contributed by atoms with Crippen LogP contribution < -0.4 is 14.9 Å². The van der Waals surface area contributed by atoms with Gasteiger partial charge in [0.25, 0.3) is 0 Å². The van der Waals surface area contributed by atoms with E-state index in [1.54, 1.807) is 24.3 Å². The molecule has 0 heterocycles. The van der Waals surface area contributed by atoms with E-state index in [9.17, 15) is 19.8 Å². The maximum atomic E-state index is 11.3. The van der Waals surface area contributed by atoms with E-state index < -0.39 is 23.3 Å². The van der Waals surface area contributed by atoms with Gasteiger partial charge >= 0.3 is 0 Å². The molecule has 0 saturated carbocycles. The molecule has 0 spiro atoms. The summed E-state index contributed by atoms with van der Waals surface area (Å²) >= 11 is 0. The molecule has 0 aliphatic heterocycles. The molecule has 20 heavy (non-hydrogen) atoms. The molecule has 1 rings (SSSR count). The number of ether oxygens (including phenoxy) is 1. The molecule has 0 N–H and O–H groups in total. The van der Waals surface area contributed by atoms with E-state index in [1.807, 2.05) is 0 Å². The van der Waals surface area contributed by atoms with Gasteiger partial charge in [-0.15, -0.1) is 0 Å². The molecular formula is C15H18O5-2. The average Bonchev–Trinajstić information content (AvgIpc) is 2.38. The summed E-state index contributed by atoms with van der Waals surface area (Å²) in [6.45, 7) is 3.07. The molecule has 0 bridgehead atoms. The fourth-order valence-electron chi connectivity index (χ4n) is 2.18. The van der Waals surface area contributed by atoms with Gasteiger partial charge in [0, 0.05) is 17.4 Å². The van der Waals surface area contributed by atoms with E-state index in [1.165, 1.54) is 21.0 Å².